The van der Waals surface area contributed by atoms with Gasteiger partial charge in [-0.25, -0.2) is 13.8 Å². The zero-order valence-electron chi connectivity index (χ0n) is 13.5. The normalized spacial score (nSPS) is 10.8. The summed E-state index contributed by atoms with van der Waals surface area (Å²) >= 11 is 0. The van der Waals surface area contributed by atoms with Gasteiger partial charge >= 0.3 is 0 Å². The maximum Gasteiger partial charge on any atom is 0.261 e. The molecule has 0 atom stereocenters. The molecular weight excluding hydrogens is 336 g/mol. The van der Waals surface area contributed by atoms with Gasteiger partial charge in [0, 0.05) is 23.6 Å². The fourth-order valence-electron chi connectivity index (χ4n) is 2.74. The lowest BCUT2D eigenvalue weighted by Gasteiger charge is -2.08. The van der Waals surface area contributed by atoms with Gasteiger partial charge in [-0.2, -0.15) is 0 Å². The number of nitrogens with one attached hydrogen (secondary N) is 1. The van der Waals surface area contributed by atoms with Crippen molar-refractivity contribution in [2.24, 2.45) is 0 Å². The quantitative estimate of drug-likeness (QED) is 0.591. The van der Waals surface area contributed by atoms with Crippen LogP contribution in [0, 0.1) is 11.6 Å². The number of fused-ring (bicyclic) bond motifs is 1. The number of anilines is 1. The van der Waals surface area contributed by atoms with Crippen molar-refractivity contribution in [2.45, 2.75) is 0 Å². The highest BCUT2D eigenvalue weighted by atomic mass is 19.1. The van der Waals surface area contributed by atoms with Crippen LogP contribution in [-0.2, 0) is 0 Å². The van der Waals surface area contributed by atoms with Crippen LogP contribution in [0.1, 0.15) is 10.4 Å². The summed E-state index contributed by atoms with van der Waals surface area (Å²) in [6.45, 7) is 0. The molecule has 0 spiro atoms. The van der Waals surface area contributed by atoms with E-state index in [0.29, 0.717) is 5.69 Å². The summed E-state index contributed by atoms with van der Waals surface area (Å²) in [5.74, 6) is -2.65. The first-order valence-electron chi connectivity index (χ1n) is 7.91. The Morgan fingerprint density at radius 3 is 2.50 bits per heavy atom. The number of benzene rings is 2. The molecule has 0 aliphatic heterocycles. The molecule has 4 nitrogen and oxygen atoms in total. The predicted molar refractivity (Wildman–Crippen MR) is 94.9 cm³/mol. The Kier molecular flexibility index (Phi) is 3.93. The van der Waals surface area contributed by atoms with Crippen molar-refractivity contribution in [2.75, 3.05) is 5.32 Å². The van der Waals surface area contributed by atoms with E-state index in [9.17, 15) is 13.6 Å². The number of pyridine rings is 1. The highest BCUT2D eigenvalue weighted by Gasteiger charge is 2.17. The molecule has 2 aromatic heterocycles. The zero-order chi connectivity index (χ0) is 18.1. The van der Waals surface area contributed by atoms with Crippen molar-refractivity contribution in [1.82, 2.24) is 9.38 Å². The van der Waals surface area contributed by atoms with Crippen molar-refractivity contribution < 1.29 is 13.6 Å². The minimum absolute atomic E-state index is 0.423. The van der Waals surface area contributed by atoms with Crippen LogP contribution in [0.4, 0.5) is 14.5 Å². The van der Waals surface area contributed by atoms with Crippen molar-refractivity contribution >= 4 is 17.2 Å². The van der Waals surface area contributed by atoms with Crippen molar-refractivity contribution in [3.63, 3.8) is 0 Å². The molecule has 4 aromatic rings. The monoisotopic (exact) mass is 349 g/mol. The number of hydrogen-bond donors (Lipinski definition) is 1. The number of aromatic nitrogens is 2. The average molecular weight is 349 g/mol. The summed E-state index contributed by atoms with van der Waals surface area (Å²) in [5, 5.41) is 2.53. The summed E-state index contributed by atoms with van der Waals surface area (Å²) in [5.41, 5.74) is 2.12. The van der Waals surface area contributed by atoms with E-state index in [2.05, 4.69) is 10.3 Å². The molecule has 0 aliphatic rings. The van der Waals surface area contributed by atoms with Gasteiger partial charge in [0.05, 0.1) is 5.69 Å². The van der Waals surface area contributed by atoms with E-state index in [4.69, 9.17) is 0 Å². The van der Waals surface area contributed by atoms with Crippen LogP contribution in [-0.4, -0.2) is 15.3 Å². The topological polar surface area (TPSA) is 46.4 Å². The third-order valence-corrected chi connectivity index (χ3v) is 3.97. The van der Waals surface area contributed by atoms with Crippen LogP contribution in [0.15, 0.2) is 73.1 Å². The summed E-state index contributed by atoms with van der Waals surface area (Å²) < 4.78 is 29.4. The van der Waals surface area contributed by atoms with Crippen molar-refractivity contribution in [3.8, 4) is 11.3 Å². The van der Waals surface area contributed by atoms with Gasteiger partial charge < -0.3 is 9.72 Å². The molecule has 0 saturated carbocycles. The molecule has 0 fully saturated rings. The molecule has 6 heteroatoms. The molecule has 0 saturated heterocycles. The zero-order valence-corrected chi connectivity index (χ0v) is 13.5. The lowest BCUT2D eigenvalue weighted by atomic mass is 10.1. The van der Waals surface area contributed by atoms with Gasteiger partial charge in [-0.05, 0) is 36.4 Å². The van der Waals surface area contributed by atoms with Crippen molar-refractivity contribution in [1.29, 1.82) is 0 Å². The van der Waals surface area contributed by atoms with E-state index in [1.807, 2.05) is 41.1 Å². The number of carbonyl (C=O) groups excluding carboxylic acids is 1. The van der Waals surface area contributed by atoms with Crippen LogP contribution in [0.5, 0.6) is 0 Å². The standard InChI is InChI=1S/C20H13F2N3O/c21-15-7-4-8-16(22)19(15)20(26)23-14-6-3-5-13(11-14)17-12-25-10-2-1-9-18(25)24-17/h1-12H,(H,23,26). The first-order valence-corrected chi connectivity index (χ1v) is 7.91. The van der Waals surface area contributed by atoms with Gasteiger partial charge in [0.2, 0.25) is 0 Å². The number of imidazole rings is 1. The number of nitrogens with zero attached hydrogens (tertiary/aromatic N) is 2. The summed E-state index contributed by atoms with van der Waals surface area (Å²) in [6, 6.07) is 15.9. The number of rotatable bonds is 3. The van der Waals surface area contributed by atoms with Crippen LogP contribution in [0.3, 0.4) is 0 Å². The lowest BCUT2D eigenvalue weighted by Crippen LogP contribution is -2.15. The molecule has 0 aliphatic carbocycles. The second-order valence-electron chi connectivity index (χ2n) is 5.72. The second kappa shape index (κ2) is 6.40. The van der Waals surface area contributed by atoms with E-state index in [0.717, 1.165) is 29.0 Å². The number of carbonyl (C=O) groups is 1. The molecule has 1 N–H and O–H groups in total. The number of halogens is 2. The van der Waals surface area contributed by atoms with Gasteiger partial charge in [-0.15, -0.1) is 0 Å². The lowest BCUT2D eigenvalue weighted by molar-refractivity contribution is 0.101. The van der Waals surface area contributed by atoms with Crippen LogP contribution < -0.4 is 5.32 Å². The van der Waals surface area contributed by atoms with E-state index in [-0.39, 0.29) is 0 Å². The average Bonchev–Trinajstić information content (AvgIpc) is 3.06. The molecule has 1 amide bonds. The first kappa shape index (κ1) is 16.0. The first-order chi connectivity index (χ1) is 12.6. The molecule has 0 bridgehead atoms. The van der Waals surface area contributed by atoms with Gasteiger partial charge in [0.25, 0.3) is 5.91 Å². The number of amides is 1. The van der Waals surface area contributed by atoms with E-state index < -0.39 is 23.1 Å². The Balaban J connectivity index is 1.64. The minimum atomic E-state index is -0.904. The van der Waals surface area contributed by atoms with Crippen molar-refractivity contribution in [3.05, 3.63) is 90.3 Å². The molecule has 2 aromatic carbocycles. The van der Waals surface area contributed by atoms with Gasteiger partial charge in [-0.3, -0.25) is 4.79 Å². The van der Waals surface area contributed by atoms with Gasteiger partial charge in [0.15, 0.2) is 0 Å². The molecule has 26 heavy (non-hydrogen) atoms. The van der Waals surface area contributed by atoms with Gasteiger partial charge in [0.1, 0.15) is 22.8 Å². The fraction of sp³-hybridized carbons (Fsp3) is 0. The summed E-state index contributed by atoms with van der Waals surface area (Å²) in [4.78, 5) is 16.8. The number of hydrogen-bond acceptors (Lipinski definition) is 2. The van der Waals surface area contributed by atoms with Crippen LogP contribution in [0.2, 0.25) is 0 Å². The third-order valence-electron chi connectivity index (χ3n) is 3.97. The van der Waals surface area contributed by atoms with E-state index in [1.165, 1.54) is 6.07 Å². The molecule has 0 radical (unpaired) electrons. The summed E-state index contributed by atoms with van der Waals surface area (Å²) in [6.07, 6.45) is 3.76. The molecule has 128 valence electrons. The van der Waals surface area contributed by atoms with Crippen LogP contribution in [0.25, 0.3) is 16.9 Å². The molecular formula is C20H13F2N3O. The maximum absolute atomic E-state index is 13.8. The van der Waals surface area contributed by atoms with E-state index >= 15 is 0 Å². The van der Waals surface area contributed by atoms with Crippen LogP contribution >= 0.6 is 0 Å². The molecule has 0 unspecified atom stereocenters. The third kappa shape index (κ3) is 2.93. The Bertz CT molecular complexity index is 1070. The fourth-order valence-corrected chi connectivity index (χ4v) is 2.74. The Morgan fingerprint density at radius 1 is 0.962 bits per heavy atom. The highest BCUT2D eigenvalue weighted by molar-refractivity contribution is 6.04. The predicted octanol–water partition coefficient (Wildman–Crippen LogP) is 4.53. The Hall–Kier alpha value is -3.54. The largest absolute Gasteiger partial charge is 0.322 e. The molecule has 2 heterocycles. The summed E-state index contributed by atoms with van der Waals surface area (Å²) in [7, 11) is 0. The maximum atomic E-state index is 13.8. The Morgan fingerprint density at radius 2 is 1.73 bits per heavy atom. The Labute approximate surface area is 147 Å². The molecule has 4 rings (SSSR count). The van der Waals surface area contributed by atoms with Gasteiger partial charge in [-0.1, -0.05) is 24.3 Å². The minimum Gasteiger partial charge on any atom is -0.322 e. The SMILES string of the molecule is O=C(Nc1cccc(-c2cn3ccccc3n2)c1)c1c(F)cccc1F. The highest BCUT2D eigenvalue weighted by Crippen LogP contribution is 2.23. The van der Waals surface area contributed by atoms with E-state index in [1.54, 1.807) is 18.2 Å². The second-order valence-corrected chi connectivity index (χ2v) is 5.72. The smallest absolute Gasteiger partial charge is 0.261 e.